The van der Waals surface area contributed by atoms with E-state index in [1.165, 1.54) is 0 Å². The molecule has 0 saturated heterocycles. The van der Waals surface area contributed by atoms with Gasteiger partial charge in [0.25, 0.3) is 4.99 Å². The number of pyridine rings is 1. The second-order valence-corrected chi connectivity index (χ2v) is 13.2. The lowest BCUT2D eigenvalue weighted by molar-refractivity contribution is -0.147. The molecule has 3 aromatic rings. The molecule has 41 heavy (non-hydrogen) atoms. The third kappa shape index (κ3) is 8.37. The number of hydrogen-bond donors (Lipinski definition) is 0. The minimum atomic E-state index is -1.69. The van der Waals surface area contributed by atoms with Gasteiger partial charge in [-0.1, -0.05) is 48.5 Å². The van der Waals surface area contributed by atoms with Crippen LogP contribution in [0.3, 0.4) is 0 Å². The number of carbonyl (C=O) groups excluding carboxylic acids is 2. The molecule has 0 bridgehead atoms. The summed E-state index contributed by atoms with van der Waals surface area (Å²) in [5.41, 5.74) is 1.53. The number of benzene rings is 2. The van der Waals surface area contributed by atoms with Crippen LogP contribution in [-0.4, -0.2) is 48.9 Å². The van der Waals surface area contributed by atoms with E-state index in [1.54, 1.807) is 53.6 Å². The van der Waals surface area contributed by atoms with Gasteiger partial charge in [0, 0.05) is 42.2 Å². The number of esters is 1. The Morgan fingerprint density at radius 2 is 1.63 bits per heavy atom. The van der Waals surface area contributed by atoms with Crippen molar-refractivity contribution in [3.63, 3.8) is 0 Å². The molecule has 0 aliphatic carbocycles. The maximum absolute atomic E-state index is 13.5. The molecule has 1 atom stereocenters. The molecule has 0 spiro atoms. The van der Waals surface area contributed by atoms with Gasteiger partial charge < -0.3 is 9.64 Å². The predicted octanol–water partition coefficient (Wildman–Crippen LogP) is 3.48. The third-order valence-corrected chi connectivity index (χ3v) is 8.52. The van der Waals surface area contributed by atoms with E-state index >= 15 is 0 Å². The maximum atomic E-state index is 13.5. The summed E-state index contributed by atoms with van der Waals surface area (Å²) in [6.07, 6.45) is 1.34. The molecule has 0 radical (unpaired) electrons. The van der Waals surface area contributed by atoms with Crippen molar-refractivity contribution in [2.45, 2.75) is 48.7 Å². The summed E-state index contributed by atoms with van der Waals surface area (Å²) in [6, 6.07) is 21.9. The summed E-state index contributed by atoms with van der Waals surface area (Å²) in [6.45, 7) is 3.91. The molecule has 1 aromatic heterocycles. The first kappa shape index (κ1) is 30.2. The van der Waals surface area contributed by atoms with Gasteiger partial charge in [0.1, 0.15) is 6.61 Å². The molecular weight excluding hydrogens is 562 g/mol. The van der Waals surface area contributed by atoms with Crippen LogP contribution in [0.1, 0.15) is 37.9 Å². The molecule has 2 aromatic carbocycles. The third-order valence-electron chi connectivity index (χ3n) is 6.23. The van der Waals surface area contributed by atoms with Crippen LogP contribution in [0.4, 0.5) is 0 Å². The molecule has 10 nitrogen and oxygen atoms in total. The predicted molar refractivity (Wildman–Crippen MR) is 157 cm³/mol. The fraction of sp³-hybridized carbons (Fsp3) is 0.345. The van der Waals surface area contributed by atoms with E-state index in [0.717, 1.165) is 17.5 Å². The van der Waals surface area contributed by atoms with Gasteiger partial charge in [0.05, 0.1) is 44.1 Å². The van der Waals surface area contributed by atoms with E-state index in [-0.39, 0.29) is 37.7 Å². The average Bonchev–Trinajstić information content (AvgIpc) is 3.35. The highest BCUT2D eigenvalue weighted by Gasteiger charge is 2.40. The average molecular weight is 594 g/mol. The van der Waals surface area contributed by atoms with Crippen molar-refractivity contribution in [3.8, 4) is 0 Å². The summed E-state index contributed by atoms with van der Waals surface area (Å²) < 4.78 is 21.4. The highest BCUT2D eigenvalue weighted by Crippen LogP contribution is 2.27. The molecule has 0 saturated carbocycles. The largest absolute Gasteiger partial charge is 0.460 e. The number of aromatic nitrogens is 1. The molecule has 4 rings (SSSR count). The molecule has 0 N–H and O–H groups in total. The summed E-state index contributed by atoms with van der Waals surface area (Å²) >= 11 is 0.864. The van der Waals surface area contributed by atoms with Gasteiger partial charge in [-0.15, -0.1) is 4.91 Å². The van der Waals surface area contributed by atoms with Crippen LogP contribution in [0.15, 0.2) is 93.6 Å². The monoisotopic (exact) mass is 593 g/mol. The lowest BCUT2D eigenvalue weighted by Gasteiger charge is -2.30. The van der Waals surface area contributed by atoms with E-state index in [4.69, 9.17) is 4.74 Å². The van der Waals surface area contributed by atoms with Gasteiger partial charge in [-0.05, 0) is 43.7 Å². The van der Waals surface area contributed by atoms with Crippen molar-refractivity contribution >= 4 is 34.6 Å². The molecule has 0 fully saturated rings. The number of ether oxygens (including phenoxy) is 1. The number of hydrogen-bond acceptors (Lipinski definition) is 10. The van der Waals surface area contributed by atoms with Crippen molar-refractivity contribution in [1.82, 2.24) is 9.88 Å². The summed E-state index contributed by atoms with van der Waals surface area (Å²) in [5, 5.41) is 1.13. The van der Waals surface area contributed by atoms with E-state index < -0.39 is 26.5 Å². The minimum absolute atomic E-state index is 0.0791. The van der Waals surface area contributed by atoms with Gasteiger partial charge in [0.2, 0.25) is 5.91 Å². The van der Waals surface area contributed by atoms with Crippen molar-refractivity contribution in [3.05, 3.63) is 106 Å². The quantitative estimate of drug-likeness (QED) is 0.159. The Morgan fingerprint density at radius 3 is 2.27 bits per heavy atom. The number of rotatable bonds is 14. The zero-order valence-electron chi connectivity index (χ0n) is 22.8. The van der Waals surface area contributed by atoms with Gasteiger partial charge in [0.15, 0.2) is 0 Å². The first-order chi connectivity index (χ1) is 19.7. The first-order valence-corrected chi connectivity index (χ1v) is 15.1. The Morgan fingerprint density at radius 1 is 0.976 bits per heavy atom. The molecule has 1 amide bonds. The van der Waals surface area contributed by atoms with Gasteiger partial charge >= 0.3 is 5.97 Å². The fourth-order valence-electron chi connectivity index (χ4n) is 4.26. The van der Waals surface area contributed by atoms with Crippen LogP contribution in [0.2, 0.25) is 0 Å². The zero-order chi connectivity index (χ0) is 29.3. The zero-order valence-corrected chi connectivity index (χ0v) is 24.5. The SMILES string of the molecule is CC(C)(CN(Cc1ccccc1)C(=O)CCC(=O)OCC1(S(=O)Cc2ccccn2)N=c2ccccc2=N1)SN=O. The Labute approximate surface area is 244 Å². The van der Waals surface area contributed by atoms with Crippen molar-refractivity contribution < 1.29 is 18.5 Å². The highest BCUT2D eigenvalue weighted by molar-refractivity contribution is 7.99. The molecule has 2 heterocycles. The van der Waals surface area contributed by atoms with Crippen LogP contribution >= 0.6 is 11.9 Å². The topological polar surface area (TPSA) is 131 Å². The van der Waals surface area contributed by atoms with Gasteiger partial charge in [-0.3, -0.25) is 18.8 Å². The van der Waals surface area contributed by atoms with Crippen molar-refractivity contribution in [2.75, 3.05) is 13.2 Å². The molecule has 1 unspecified atom stereocenters. The van der Waals surface area contributed by atoms with Gasteiger partial charge in [-0.25, -0.2) is 9.98 Å². The molecule has 12 heteroatoms. The highest BCUT2D eigenvalue weighted by atomic mass is 32.2. The minimum Gasteiger partial charge on any atom is -0.460 e. The van der Waals surface area contributed by atoms with Crippen molar-refractivity contribution in [1.29, 1.82) is 0 Å². The lowest BCUT2D eigenvalue weighted by Crippen LogP contribution is -2.40. The number of carbonyl (C=O) groups is 2. The Balaban J connectivity index is 1.42. The normalized spacial score (nSPS) is 14.2. The molecule has 214 valence electrons. The number of nitroso groups, excluding NO2 is 1. The summed E-state index contributed by atoms with van der Waals surface area (Å²) in [4.78, 5) is 50.5. The van der Waals surface area contributed by atoms with Gasteiger partial charge in [-0.2, -0.15) is 0 Å². The molecule has 1 aliphatic rings. The number of fused-ring (bicyclic) bond motifs is 1. The van der Waals surface area contributed by atoms with Crippen molar-refractivity contribution in [2.24, 2.45) is 14.6 Å². The second-order valence-electron chi connectivity index (χ2n) is 10.1. The summed E-state index contributed by atoms with van der Waals surface area (Å²) in [7, 11) is -1.69. The number of nitrogens with zero attached hydrogens (tertiary/aromatic N) is 5. The first-order valence-electron chi connectivity index (χ1n) is 13.0. The smallest absolute Gasteiger partial charge is 0.306 e. The van der Waals surface area contributed by atoms with E-state index in [9.17, 15) is 18.7 Å². The summed E-state index contributed by atoms with van der Waals surface area (Å²) in [5.74, 6) is -0.811. The number of amides is 1. The Hall–Kier alpha value is -3.77. The molecule has 1 aliphatic heterocycles. The number of para-hydroxylation sites is 2. The maximum Gasteiger partial charge on any atom is 0.306 e. The van der Waals surface area contributed by atoms with Crippen LogP contribution in [0, 0.1) is 4.91 Å². The van der Waals surface area contributed by atoms with Crippen LogP contribution in [0.25, 0.3) is 0 Å². The van der Waals surface area contributed by atoms with Crippen LogP contribution in [-0.2, 0) is 37.4 Å². The van der Waals surface area contributed by atoms with E-state index in [2.05, 4.69) is 19.6 Å². The van der Waals surface area contributed by atoms with Crippen LogP contribution in [0.5, 0.6) is 0 Å². The Bertz CT molecular complexity index is 1480. The van der Waals surface area contributed by atoms with E-state index in [1.807, 2.05) is 44.2 Å². The van der Waals surface area contributed by atoms with Crippen LogP contribution < -0.4 is 10.7 Å². The lowest BCUT2D eigenvalue weighted by atomic mass is 10.1. The molecular formula is C29H31N5O5S2. The fourth-order valence-corrected chi connectivity index (χ4v) is 5.94. The standard InChI is InChI=1S/C29H31N5O5S2/c1-28(2,40-33-37)20-34(18-22-10-4-3-5-11-22)26(35)15-16-27(36)39-21-29(31-24-13-6-7-14-25(24)32-29)41(38)19-23-12-8-9-17-30-23/h3-14,17H,15-16,18-21H2,1-2H3. The Kier molecular flexibility index (Phi) is 10.1. The second kappa shape index (κ2) is 13.7. The van der Waals surface area contributed by atoms with E-state index in [0.29, 0.717) is 23.0 Å².